The van der Waals surface area contributed by atoms with E-state index in [9.17, 15) is 4.79 Å². The van der Waals surface area contributed by atoms with E-state index in [1.807, 2.05) is 19.1 Å². The minimum atomic E-state index is -0.0555. The van der Waals surface area contributed by atoms with Gasteiger partial charge in [0.2, 0.25) is 5.91 Å². The Hall–Kier alpha value is -1.48. The minimum Gasteiger partial charge on any atom is -0.491 e. The number of hydrogen-bond donors (Lipinski definition) is 1. The molecule has 1 aromatic rings. The van der Waals surface area contributed by atoms with E-state index in [1.165, 1.54) is 0 Å². The summed E-state index contributed by atoms with van der Waals surface area (Å²) < 4.78 is 5.40. The van der Waals surface area contributed by atoms with Crippen LogP contribution < -0.4 is 10.1 Å². The maximum absolute atomic E-state index is 11.4. The van der Waals surface area contributed by atoms with Gasteiger partial charge in [0.25, 0.3) is 0 Å². The van der Waals surface area contributed by atoms with Crippen molar-refractivity contribution in [1.82, 2.24) is 5.32 Å². The van der Waals surface area contributed by atoms with Crippen molar-refractivity contribution in [2.45, 2.75) is 13.3 Å². The molecule has 4 heteroatoms. The third-order valence-electron chi connectivity index (χ3n) is 2.01. The van der Waals surface area contributed by atoms with Gasteiger partial charge in [0, 0.05) is 6.54 Å². The minimum absolute atomic E-state index is 0.0555. The molecule has 0 fully saturated rings. The summed E-state index contributed by atoms with van der Waals surface area (Å²) >= 11 is 5.91. The second-order valence-electron chi connectivity index (χ2n) is 3.76. The SMILES string of the molecule is C=C(C)CNC(=O)CCOc1ccccc1Cl. The summed E-state index contributed by atoms with van der Waals surface area (Å²) in [5.41, 5.74) is 0.922. The number of hydrogen-bond acceptors (Lipinski definition) is 2. The quantitative estimate of drug-likeness (QED) is 0.792. The molecule has 0 saturated heterocycles. The standard InChI is InChI=1S/C13H16ClNO2/c1-10(2)9-15-13(16)7-8-17-12-6-4-3-5-11(12)14/h3-6H,1,7-9H2,2H3,(H,15,16). The molecular weight excluding hydrogens is 238 g/mol. The van der Waals surface area contributed by atoms with Crippen LogP contribution in [0.4, 0.5) is 0 Å². The highest BCUT2D eigenvalue weighted by molar-refractivity contribution is 6.32. The normalized spacial score (nSPS) is 9.76. The van der Waals surface area contributed by atoms with Crippen molar-refractivity contribution in [2.75, 3.05) is 13.2 Å². The molecule has 17 heavy (non-hydrogen) atoms. The van der Waals surface area contributed by atoms with Crippen molar-refractivity contribution >= 4 is 17.5 Å². The first kappa shape index (κ1) is 13.6. The average molecular weight is 254 g/mol. The molecule has 1 N–H and O–H groups in total. The first-order chi connectivity index (χ1) is 8.09. The predicted molar refractivity (Wildman–Crippen MR) is 69.4 cm³/mol. The number of amides is 1. The third-order valence-corrected chi connectivity index (χ3v) is 2.32. The Labute approximate surface area is 106 Å². The number of ether oxygens (including phenoxy) is 1. The summed E-state index contributed by atoms with van der Waals surface area (Å²) in [4.78, 5) is 11.4. The molecule has 1 amide bonds. The molecule has 1 rings (SSSR count). The molecule has 0 aliphatic carbocycles. The van der Waals surface area contributed by atoms with Crippen LogP contribution in [0.5, 0.6) is 5.75 Å². The van der Waals surface area contributed by atoms with E-state index < -0.39 is 0 Å². The highest BCUT2D eigenvalue weighted by atomic mass is 35.5. The van der Waals surface area contributed by atoms with E-state index in [-0.39, 0.29) is 5.91 Å². The molecule has 0 aromatic heterocycles. The highest BCUT2D eigenvalue weighted by Crippen LogP contribution is 2.22. The molecule has 3 nitrogen and oxygen atoms in total. The molecule has 0 saturated carbocycles. The van der Waals surface area contributed by atoms with E-state index in [0.29, 0.717) is 30.3 Å². The molecule has 0 aliphatic heterocycles. The molecule has 92 valence electrons. The second-order valence-corrected chi connectivity index (χ2v) is 4.17. The Morgan fingerprint density at radius 1 is 1.47 bits per heavy atom. The van der Waals surface area contributed by atoms with Crippen molar-refractivity contribution in [3.63, 3.8) is 0 Å². The first-order valence-electron chi connectivity index (χ1n) is 5.38. The van der Waals surface area contributed by atoms with Crippen molar-refractivity contribution < 1.29 is 9.53 Å². The van der Waals surface area contributed by atoms with Gasteiger partial charge >= 0.3 is 0 Å². The topological polar surface area (TPSA) is 38.3 Å². The zero-order chi connectivity index (χ0) is 12.7. The van der Waals surface area contributed by atoms with Crippen molar-refractivity contribution in [3.05, 3.63) is 41.4 Å². The molecule has 0 heterocycles. The smallest absolute Gasteiger partial charge is 0.223 e. The van der Waals surface area contributed by atoms with Gasteiger partial charge in [-0.3, -0.25) is 4.79 Å². The van der Waals surface area contributed by atoms with Crippen LogP contribution >= 0.6 is 11.6 Å². The summed E-state index contributed by atoms with van der Waals surface area (Å²) in [7, 11) is 0. The van der Waals surface area contributed by atoms with Gasteiger partial charge in [-0.2, -0.15) is 0 Å². The van der Waals surface area contributed by atoms with Gasteiger partial charge in [0.05, 0.1) is 18.1 Å². The number of benzene rings is 1. The fraction of sp³-hybridized carbons (Fsp3) is 0.308. The van der Waals surface area contributed by atoms with Gasteiger partial charge in [0.15, 0.2) is 0 Å². The fourth-order valence-corrected chi connectivity index (χ4v) is 1.34. The first-order valence-corrected chi connectivity index (χ1v) is 5.76. The zero-order valence-electron chi connectivity index (χ0n) is 9.83. The van der Waals surface area contributed by atoms with Crippen molar-refractivity contribution in [1.29, 1.82) is 0 Å². The zero-order valence-corrected chi connectivity index (χ0v) is 10.6. The monoisotopic (exact) mass is 253 g/mol. The number of carbonyl (C=O) groups excluding carboxylic acids is 1. The molecule has 0 unspecified atom stereocenters. The van der Waals surface area contributed by atoms with Crippen molar-refractivity contribution in [2.24, 2.45) is 0 Å². The average Bonchev–Trinajstić information content (AvgIpc) is 2.29. The molecular formula is C13H16ClNO2. The van der Waals surface area contributed by atoms with E-state index >= 15 is 0 Å². The Balaban J connectivity index is 2.26. The molecule has 0 aliphatic rings. The van der Waals surface area contributed by atoms with Gasteiger partial charge in [-0.25, -0.2) is 0 Å². The van der Waals surface area contributed by atoms with Gasteiger partial charge in [-0.05, 0) is 19.1 Å². The number of nitrogens with one attached hydrogen (secondary N) is 1. The van der Waals surface area contributed by atoms with E-state index in [4.69, 9.17) is 16.3 Å². The maximum Gasteiger partial charge on any atom is 0.223 e. The van der Waals surface area contributed by atoms with Gasteiger partial charge in [-0.1, -0.05) is 35.9 Å². The predicted octanol–water partition coefficient (Wildman–Crippen LogP) is 2.80. The molecule has 1 aromatic carbocycles. The molecule has 0 bridgehead atoms. The molecule has 0 atom stereocenters. The number of rotatable bonds is 6. The van der Waals surface area contributed by atoms with Crippen molar-refractivity contribution in [3.8, 4) is 5.75 Å². The lowest BCUT2D eigenvalue weighted by molar-refractivity contribution is -0.121. The fourth-order valence-electron chi connectivity index (χ4n) is 1.15. The van der Waals surface area contributed by atoms with Gasteiger partial charge < -0.3 is 10.1 Å². The number of halogens is 1. The summed E-state index contributed by atoms with van der Waals surface area (Å²) in [6, 6.07) is 7.18. The van der Waals surface area contributed by atoms with Crippen LogP contribution in [0.2, 0.25) is 5.02 Å². The Kier molecular flexibility index (Phi) is 5.57. The summed E-state index contributed by atoms with van der Waals surface area (Å²) in [6.07, 6.45) is 0.304. The van der Waals surface area contributed by atoms with E-state index in [0.717, 1.165) is 5.57 Å². The second kappa shape index (κ2) is 6.97. The third kappa shape index (κ3) is 5.41. The maximum atomic E-state index is 11.4. The van der Waals surface area contributed by atoms with Crippen LogP contribution in [0, 0.1) is 0 Å². The lowest BCUT2D eigenvalue weighted by Gasteiger charge is -2.08. The van der Waals surface area contributed by atoms with E-state index in [2.05, 4.69) is 11.9 Å². The van der Waals surface area contributed by atoms with Crippen LogP contribution in [0.1, 0.15) is 13.3 Å². The van der Waals surface area contributed by atoms with E-state index in [1.54, 1.807) is 12.1 Å². The van der Waals surface area contributed by atoms with Crippen LogP contribution in [0.3, 0.4) is 0 Å². The summed E-state index contributed by atoms with van der Waals surface area (Å²) in [6.45, 7) is 6.38. The van der Waals surface area contributed by atoms with Crippen LogP contribution in [-0.2, 0) is 4.79 Å². The van der Waals surface area contributed by atoms with Gasteiger partial charge in [-0.15, -0.1) is 0 Å². The van der Waals surface area contributed by atoms with Crippen LogP contribution in [0.15, 0.2) is 36.4 Å². The Morgan fingerprint density at radius 3 is 2.82 bits per heavy atom. The molecule has 0 spiro atoms. The summed E-state index contributed by atoms with van der Waals surface area (Å²) in [5, 5.41) is 3.28. The Morgan fingerprint density at radius 2 is 2.18 bits per heavy atom. The highest BCUT2D eigenvalue weighted by Gasteiger charge is 2.03. The largest absolute Gasteiger partial charge is 0.491 e. The Bertz CT molecular complexity index is 404. The lowest BCUT2D eigenvalue weighted by atomic mass is 10.3. The number of para-hydroxylation sites is 1. The lowest BCUT2D eigenvalue weighted by Crippen LogP contribution is -2.26. The number of carbonyl (C=O) groups is 1. The summed E-state index contributed by atoms with van der Waals surface area (Å²) in [5.74, 6) is 0.543. The van der Waals surface area contributed by atoms with Gasteiger partial charge in [0.1, 0.15) is 5.75 Å². The molecule has 0 radical (unpaired) electrons. The van der Waals surface area contributed by atoms with Crippen LogP contribution in [-0.4, -0.2) is 19.1 Å². The van der Waals surface area contributed by atoms with Crippen LogP contribution in [0.25, 0.3) is 0 Å².